The fourth-order valence-electron chi connectivity index (χ4n) is 0.200. The van der Waals surface area contributed by atoms with Crippen molar-refractivity contribution in [1.82, 2.24) is 4.90 Å². The van der Waals surface area contributed by atoms with E-state index in [0.29, 0.717) is 0 Å². The van der Waals surface area contributed by atoms with Gasteiger partial charge in [-0.2, -0.15) is 0 Å². The molecule has 0 saturated carbocycles. The summed E-state index contributed by atoms with van der Waals surface area (Å²) < 4.78 is 0. The number of hydrogen-bond donors (Lipinski definition) is 1. The second-order valence-corrected chi connectivity index (χ2v) is 1.53. The van der Waals surface area contributed by atoms with Gasteiger partial charge in [0.25, 0.3) is 0 Å². The van der Waals surface area contributed by atoms with Crippen molar-refractivity contribution in [3.8, 4) is 0 Å². The molecule has 0 aliphatic heterocycles. The summed E-state index contributed by atoms with van der Waals surface area (Å²) in [6, 6.07) is 0. The van der Waals surface area contributed by atoms with Gasteiger partial charge in [0.2, 0.25) is 0 Å². The van der Waals surface area contributed by atoms with Crippen molar-refractivity contribution >= 4 is 27.3 Å². The Balaban J connectivity index is 0. The third-order valence-electron chi connectivity index (χ3n) is 0.547. The maximum absolute atomic E-state index is 8.20. The van der Waals surface area contributed by atoms with Crippen molar-refractivity contribution in [3.05, 3.63) is 0 Å². The molecule has 2 nitrogen and oxygen atoms in total. The van der Waals surface area contributed by atoms with Gasteiger partial charge in [-0.05, 0) is 14.1 Å². The SMILES string of the molecule is CN(C)CCO.[Pb]. The molecule has 0 amide bonds. The summed E-state index contributed by atoms with van der Waals surface area (Å²) in [6.07, 6.45) is 0. The molecular formula is C4H11NOPb. The van der Waals surface area contributed by atoms with E-state index in [-0.39, 0.29) is 33.9 Å². The molecule has 0 unspecified atom stereocenters. The number of likely N-dealkylation sites (N-methyl/N-ethyl adjacent to an activating group) is 1. The molecule has 4 radical (unpaired) electrons. The van der Waals surface area contributed by atoms with Gasteiger partial charge in [-0.15, -0.1) is 0 Å². The van der Waals surface area contributed by atoms with Crippen LogP contribution in [0.3, 0.4) is 0 Å². The van der Waals surface area contributed by atoms with Gasteiger partial charge in [0, 0.05) is 33.8 Å². The Morgan fingerprint density at radius 1 is 1.43 bits per heavy atom. The van der Waals surface area contributed by atoms with Gasteiger partial charge in [-0.25, -0.2) is 0 Å². The molecule has 0 saturated heterocycles. The summed E-state index contributed by atoms with van der Waals surface area (Å²) in [5, 5.41) is 8.20. The molecule has 0 aromatic heterocycles. The van der Waals surface area contributed by atoms with Crippen molar-refractivity contribution < 1.29 is 5.11 Å². The van der Waals surface area contributed by atoms with Crippen LogP contribution in [0.5, 0.6) is 0 Å². The Morgan fingerprint density at radius 3 is 1.86 bits per heavy atom. The molecule has 0 aliphatic rings. The maximum Gasteiger partial charge on any atom is 0.0558 e. The minimum atomic E-state index is 0. The van der Waals surface area contributed by atoms with Gasteiger partial charge in [-0.1, -0.05) is 0 Å². The van der Waals surface area contributed by atoms with Crippen molar-refractivity contribution in [2.75, 3.05) is 27.2 Å². The van der Waals surface area contributed by atoms with E-state index in [9.17, 15) is 0 Å². The third kappa shape index (κ3) is 10.9. The molecule has 0 heterocycles. The quantitative estimate of drug-likeness (QED) is 0.672. The standard InChI is InChI=1S/C4H11NO.Pb/c1-5(2)3-4-6;/h6H,3-4H2,1-2H3;. The summed E-state index contributed by atoms with van der Waals surface area (Å²) in [6.45, 7) is 1.02. The Morgan fingerprint density at radius 2 is 1.86 bits per heavy atom. The van der Waals surface area contributed by atoms with E-state index in [1.165, 1.54) is 0 Å². The first-order valence-electron chi connectivity index (χ1n) is 2.03. The Bertz CT molecular complexity index is 32.9. The molecule has 0 bridgehead atoms. The molecule has 0 atom stereocenters. The number of aliphatic hydroxyl groups excluding tert-OH is 1. The molecule has 0 aromatic rings. The van der Waals surface area contributed by atoms with E-state index in [0.717, 1.165) is 6.54 Å². The maximum atomic E-state index is 8.20. The summed E-state index contributed by atoms with van der Waals surface area (Å²) in [7, 11) is 3.85. The molecule has 7 heavy (non-hydrogen) atoms. The minimum absolute atomic E-state index is 0. The molecule has 42 valence electrons. The molecule has 1 N–H and O–H groups in total. The topological polar surface area (TPSA) is 23.5 Å². The second-order valence-electron chi connectivity index (χ2n) is 1.53. The van der Waals surface area contributed by atoms with E-state index in [1.54, 1.807) is 0 Å². The largest absolute Gasteiger partial charge is 0.395 e. The zero-order chi connectivity index (χ0) is 4.99. The van der Waals surface area contributed by atoms with E-state index in [4.69, 9.17) is 5.11 Å². The predicted octanol–water partition coefficient (Wildman–Crippen LogP) is -0.841. The predicted molar refractivity (Wildman–Crippen MR) is 31.4 cm³/mol. The Kier molecular flexibility index (Phi) is 10.5. The zero-order valence-corrected chi connectivity index (χ0v) is 8.70. The smallest absolute Gasteiger partial charge is 0.0558 e. The van der Waals surface area contributed by atoms with Crippen LogP contribution in [-0.4, -0.2) is 64.6 Å². The molecule has 0 fully saturated rings. The van der Waals surface area contributed by atoms with Gasteiger partial charge >= 0.3 is 0 Å². The molecule has 3 heteroatoms. The summed E-state index contributed by atoms with van der Waals surface area (Å²) in [5.74, 6) is 0. The Hall–Kier alpha value is 0.842. The van der Waals surface area contributed by atoms with Crippen LogP contribution in [0.15, 0.2) is 0 Å². The number of hydrogen-bond acceptors (Lipinski definition) is 2. The fourth-order valence-corrected chi connectivity index (χ4v) is 0.200. The first-order valence-corrected chi connectivity index (χ1v) is 2.03. The van der Waals surface area contributed by atoms with Crippen molar-refractivity contribution in [3.63, 3.8) is 0 Å². The molecule has 0 rings (SSSR count). The normalized spacial score (nSPS) is 8.57. The zero-order valence-electron chi connectivity index (χ0n) is 4.81. The van der Waals surface area contributed by atoms with E-state index in [2.05, 4.69) is 0 Å². The summed E-state index contributed by atoms with van der Waals surface area (Å²) in [5.41, 5.74) is 0. The first-order chi connectivity index (χ1) is 2.77. The summed E-state index contributed by atoms with van der Waals surface area (Å²) in [4.78, 5) is 1.93. The molecule has 0 aliphatic carbocycles. The van der Waals surface area contributed by atoms with E-state index >= 15 is 0 Å². The van der Waals surface area contributed by atoms with Gasteiger partial charge in [0.05, 0.1) is 6.61 Å². The van der Waals surface area contributed by atoms with Crippen LogP contribution in [0, 0.1) is 0 Å². The van der Waals surface area contributed by atoms with Crippen molar-refractivity contribution in [2.24, 2.45) is 0 Å². The molecule has 0 spiro atoms. The van der Waals surface area contributed by atoms with E-state index < -0.39 is 0 Å². The average Bonchev–Trinajstić information content (AvgIpc) is 1.35. The number of rotatable bonds is 2. The van der Waals surface area contributed by atoms with E-state index in [1.807, 2.05) is 19.0 Å². The number of aliphatic hydroxyl groups is 1. The van der Waals surface area contributed by atoms with Crippen LogP contribution in [0.2, 0.25) is 0 Å². The number of nitrogens with zero attached hydrogens (tertiary/aromatic N) is 1. The third-order valence-corrected chi connectivity index (χ3v) is 0.547. The Labute approximate surface area is 64.7 Å². The van der Waals surface area contributed by atoms with Gasteiger partial charge in [-0.3, -0.25) is 0 Å². The van der Waals surface area contributed by atoms with Gasteiger partial charge < -0.3 is 10.0 Å². The van der Waals surface area contributed by atoms with Gasteiger partial charge in [0.1, 0.15) is 0 Å². The van der Waals surface area contributed by atoms with Crippen molar-refractivity contribution in [1.29, 1.82) is 0 Å². The van der Waals surface area contributed by atoms with Crippen LogP contribution >= 0.6 is 0 Å². The monoisotopic (exact) mass is 297 g/mol. The van der Waals surface area contributed by atoms with Crippen molar-refractivity contribution in [2.45, 2.75) is 0 Å². The van der Waals surface area contributed by atoms with Gasteiger partial charge in [0.15, 0.2) is 0 Å². The van der Waals surface area contributed by atoms with Crippen LogP contribution in [0.1, 0.15) is 0 Å². The van der Waals surface area contributed by atoms with Crippen LogP contribution < -0.4 is 0 Å². The molecule has 0 aromatic carbocycles. The van der Waals surface area contributed by atoms with Crippen LogP contribution in [0.25, 0.3) is 0 Å². The average molecular weight is 296 g/mol. The minimum Gasteiger partial charge on any atom is -0.395 e. The van der Waals surface area contributed by atoms with Crippen LogP contribution in [-0.2, 0) is 0 Å². The summed E-state index contributed by atoms with van der Waals surface area (Å²) >= 11 is 0. The molecular weight excluding hydrogens is 285 g/mol. The van der Waals surface area contributed by atoms with Crippen LogP contribution in [0.4, 0.5) is 0 Å². The second kappa shape index (κ2) is 6.84. The first kappa shape index (κ1) is 10.8. The fraction of sp³-hybridized carbons (Fsp3) is 1.00.